The minimum atomic E-state index is -4.19. The van der Waals surface area contributed by atoms with Crippen molar-refractivity contribution >= 4 is 62.5 Å². The number of nitrogens with zero attached hydrogens (tertiary/aromatic N) is 2. The normalized spacial score (nSPS) is 12.0. The van der Waals surface area contributed by atoms with Crippen molar-refractivity contribution in [2.24, 2.45) is 0 Å². The Bertz CT molecular complexity index is 1470. The van der Waals surface area contributed by atoms with E-state index in [0.717, 1.165) is 9.20 Å². The lowest BCUT2D eigenvalue weighted by Crippen LogP contribution is -2.52. The van der Waals surface area contributed by atoms with E-state index in [-0.39, 0.29) is 23.0 Å². The van der Waals surface area contributed by atoms with E-state index in [9.17, 15) is 18.0 Å². The summed E-state index contributed by atoms with van der Waals surface area (Å²) in [7, 11) is -4.19. The van der Waals surface area contributed by atoms with Gasteiger partial charge in [0.15, 0.2) is 0 Å². The minimum Gasteiger partial charge on any atom is -0.494 e. The highest BCUT2D eigenvalue weighted by atomic mass is 35.5. The number of likely N-dealkylation sites (N-methyl/N-ethyl adjacent to an activating group) is 1. The number of ether oxygens (including phenoxy) is 1. The number of hydrogen-bond donors (Lipinski definition) is 1. The van der Waals surface area contributed by atoms with Gasteiger partial charge in [0.1, 0.15) is 18.3 Å². The van der Waals surface area contributed by atoms with Gasteiger partial charge in [-0.25, -0.2) is 8.42 Å². The number of thioether (sulfide) groups is 1. The molecule has 0 bridgehead atoms. The summed E-state index contributed by atoms with van der Waals surface area (Å²) in [5.74, 6) is -0.352. The molecule has 8 nitrogen and oxygen atoms in total. The van der Waals surface area contributed by atoms with E-state index in [1.165, 1.54) is 28.8 Å². The first-order valence-corrected chi connectivity index (χ1v) is 16.9. The summed E-state index contributed by atoms with van der Waals surface area (Å²) in [5.41, 5.74) is 0.844. The lowest BCUT2D eigenvalue weighted by molar-refractivity contribution is -0.140. The lowest BCUT2D eigenvalue weighted by atomic mass is 10.1. The number of hydrogen-bond acceptors (Lipinski definition) is 6. The van der Waals surface area contributed by atoms with E-state index < -0.39 is 28.5 Å². The van der Waals surface area contributed by atoms with Gasteiger partial charge in [0.2, 0.25) is 11.8 Å². The highest BCUT2D eigenvalue weighted by Gasteiger charge is 2.34. The Labute approximate surface area is 262 Å². The number of nitrogens with one attached hydrogen (secondary N) is 1. The van der Waals surface area contributed by atoms with Gasteiger partial charge in [-0.05, 0) is 92.8 Å². The Morgan fingerprint density at radius 1 is 0.976 bits per heavy atom. The van der Waals surface area contributed by atoms with E-state index in [0.29, 0.717) is 40.9 Å². The molecular weight excluding hydrogens is 617 g/mol. The predicted octanol–water partition coefficient (Wildman–Crippen LogP) is 6.25. The van der Waals surface area contributed by atoms with Crippen LogP contribution in [0.2, 0.25) is 10.0 Å². The van der Waals surface area contributed by atoms with Gasteiger partial charge < -0.3 is 15.0 Å². The first kappa shape index (κ1) is 33.6. The summed E-state index contributed by atoms with van der Waals surface area (Å²) in [6.45, 7) is 5.67. The number of halogens is 2. The first-order valence-electron chi connectivity index (χ1n) is 13.5. The molecule has 0 saturated heterocycles. The summed E-state index contributed by atoms with van der Waals surface area (Å²) < 4.78 is 34.6. The van der Waals surface area contributed by atoms with Crippen LogP contribution in [0.4, 0.5) is 5.69 Å². The summed E-state index contributed by atoms with van der Waals surface area (Å²) in [5, 5.41) is 3.53. The molecule has 0 aliphatic rings. The van der Waals surface area contributed by atoms with Gasteiger partial charge in [0.25, 0.3) is 10.0 Å². The van der Waals surface area contributed by atoms with Crippen LogP contribution in [0.5, 0.6) is 5.75 Å². The maximum absolute atomic E-state index is 14.1. The number of rotatable bonds is 14. The largest absolute Gasteiger partial charge is 0.494 e. The quantitative estimate of drug-likeness (QED) is 0.207. The summed E-state index contributed by atoms with van der Waals surface area (Å²) in [6, 6.07) is 17.0. The van der Waals surface area contributed by atoms with Gasteiger partial charge >= 0.3 is 0 Å². The Balaban J connectivity index is 2.08. The number of carbonyl (C=O) groups excluding carboxylic acids is 2. The molecule has 0 unspecified atom stereocenters. The smallest absolute Gasteiger partial charge is 0.264 e. The molecule has 2 amide bonds. The molecule has 226 valence electrons. The van der Waals surface area contributed by atoms with Crippen molar-refractivity contribution in [2.45, 2.75) is 49.6 Å². The van der Waals surface area contributed by atoms with Crippen LogP contribution in [0.25, 0.3) is 0 Å². The fraction of sp³-hybridized carbons (Fsp3) is 0.333. The average Bonchev–Trinajstić information content (AvgIpc) is 2.97. The molecule has 0 aliphatic carbocycles. The third-order valence-corrected chi connectivity index (χ3v) is 9.57. The van der Waals surface area contributed by atoms with E-state index in [1.807, 2.05) is 13.2 Å². The number of benzene rings is 3. The van der Waals surface area contributed by atoms with E-state index in [1.54, 1.807) is 68.4 Å². The van der Waals surface area contributed by atoms with Crippen LogP contribution in [0, 0.1) is 0 Å². The van der Waals surface area contributed by atoms with E-state index in [4.69, 9.17) is 27.9 Å². The molecule has 1 atom stereocenters. The molecule has 3 aromatic rings. The molecule has 12 heteroatoms. The summed E-state index contributed by atoms with van der Waals surface area (Å²) in [4.78, 5) is 29.5. The number of carbonyl (C=O) groups is 2. The van der Waals surface area contributed by atoms with Gasteiger partial charge in [-0.15, -0.1) is 11.8 Å². The molecule has 3 aromatic carbocycles. The third-order valence-electron chi connectivity index (χ3n) is 6.45. The van der Waals surface area contributed by atoms with Crippen molar-refractivity contribution in [3.63, 3.8) is 0 Å². The van der Waals surface area contributed by atoms with Crippen molar-refractivity contribution in [1.29, 1.82) is 0 Å². The van der Waals surface area contributed by atoms with Crippen molar-refractivity contribution in [1.82, 2.24) is 10.2 Å². The topological polar surface area (TPSA) is 96.0 Å². The zero-order valence-corrected chi connectivity index (χ0v) is 27.1. The third kappa shape index (κ3) is 8.34. The monoisotopic (exact) mass is 651 g/mol. The molecule has 0 spiro atoms. The van der Waals surface area contributed by atoms with Crippen molar-refractivity contribution in [3.05, 3.63) is 82.3 Å². The lowest BCUT2D eigenvalue weighted by Gasteiger charge is -2.33. The Morgan fingerprint density at radius 3 is 2.19 bits per heavy atom. The molecule has 1 N–H and O–H groups in total. The van der Waals surface area contributed by atoms with Gasteiger partial charge in [-0.3, -0.25) is 13.9 Å². The SMILES string of the molecule is CCNC(=O)[C@@H](CC)N(Cc1ccc(Cl)cc1Cl)C(=O)CN(c1ccc(OCC)cc1)S(=O)(=O)c1ccc(SC)cc1. The second-order valence-electron chi connectivity index (χ2n) is 9.19. The summed E-state index contributed by atoms with van der Waals surface area (Å²) in [6.07, 6.45) is 2.20. The molecule has 3 rings (SSSR count). The maximum Gasteiger partial charge on any atom is 0.264 e. The van der Waals surface area contributed by atoms with Crippen LogP contribution >= 0.6 is 35.0 Å². The fourth-order valence-corrected chi connectivity index (χ4v) is 6.61. The number of anilines is 1. The van der Waals surface area contributed by atoms with Gasteiger partial charge in [-0.1, -0.05) is 36.2 Å². The molecule has 0 heterocycles. The Kier molecular flexibility index (Phi) is 12.4. The molecule has 0 aliphatic heterocycles. The molecule has 0 radical (unpaired) electrons. The van der Waals surface area contributed by atoms with Gasteiger partial charge in [0.05, 0.1) is 17.2 Å². The highest BCUT2D eigenvalue weighted by molar-refractivity contribution is 7.98. The average molecular weight is 653 g/mol. The molecule has 42 heavy (non-hydrogen) atoms. The van der Waals surface area contributed by atoms with Crippen LogP contribution in [0.3, 0.4) is 0 Å². The standard InChI is InChI=1S/C30H35Cl2N3O5S2/c1-5-28(30(37)33-6-2)34(19-21-8-9-22(31)18-27(21)32)29(36)20-35(23-10-12-24(13-11-23)40-7-3)42(38,39)26-16-14-25(41-4)15-17-26/h8-18,28H,5-7,19-20H2,1-4H3,(H,33,37)/t28-/m1/s1. The molecule has 0 aromatic heterocycles. The fourth-order valence-electron chi connectivity index (χ4n) is 4.32. The highest BCUT2D eigenvalue weighted by Crippen LogP contribution is 2.29. The van der Waals surface area contributed by atoms with E-state index >= 15 is 0 Å². The molecule has 0 saturated carbocycles. The second-order valence-corrected chi connectivity index (χ2v) is 12.8. The second kappa shape index (κ2) is 15.5. The van der Waals surface area contributed by atoms with Crippen molar-refractivity contribution < 1.29 is 22.7 Å². The zero-order valence-electron chi connectivity index (χ0n) is 24.0. The Hall–Kier alpha value is -2.92. The predicted molar refractivity (Wildman–Crippen MR) is 170 cm³/mol. The van der Waals surface area contributed by atoms with Gasteiger partial charge in [0, 0.05) is 28.0 Å². The first-order chi connectivity index (χ1) is 20.0. The van der Waals surface area contributed by atoms with Crippen molar-refractivity contribution in [3.8, 4) is 5.75 Å². The summed E-state index contributed by atoms with van der Waals surface area (Å²) >= 11 is 14.0. The molecule has 0 fully saturated rings. The van der Waals surface area contributed by atoms with Crippen LogP contribution in [-0.2, 0) is 26.2 Å². The zero-order chi connectivity index (χ0) is 30.9. The van der Waals surface area contributed by atoms with Crippen LogP contribution in [-0.4, -0.2) is 57.1 Å². The number of amides is 2. The molecular formula is C30H35Cl2N3O5S2. The Morgan fingerprint density at radius 2 is 1.64 bits per heavy atom. The van der Waals surface area contributed by atoms with Crippen molar-refractivity contribution in [2.75, 3.05) is 30.3 Å². The van der Waals surface area contributed by atoms with Crippen LogP contribution in [0.15, 0.2) is 76.5 Å². The van der Waals surface area contributed by atoms with E-state index in [2.05, 4.69) is 5.32 Å². The van der Waals surface area contributed by atoms with Gasteiger partial charge in [-0.2, -0.15) is 0 Å². The maximum atomic E-state index is 14.1. The minimum absolute atomic E-state index is 0.0237. The number of sulfonamides is 1. The van der Waals surface area contributed by atoms with Crippen LogP contribution in [0.1, 0.15) is 32.8 Å². The van der Waals surface area contributed by atoms with Crippen LogP contribution < -0.4 is 14.4 Å².